The molecule has 7 nitrogen and oxygen atoms in total. The Morgan fingerprint density at radius 2 is 2.07 bits per heavy atom. The monoisotopic (exact) mass is 389 g/mol. The number of rotatable bonds is 4. The molecule has 0 fully saturated rings. The second-order valence-corrected chi connectivity index (χ2v) is 9.06. The Labute approximate surface area is 163 Å². The predicted molar refractivity (Wildman–Crippen MR) is 106 cm³/mol. The standard InChI is InChI=1S/C19H27N5O2S/c1-12-8-13(2)24(22-12)7-6-20-17(26)14-10-23-16(25)9-15(19(3,4)5)21-18(23)27-11-14/h8-9,14H,6-7,10-11H2,1-5H3,(H,20,26). The highest BCUT2D eigenvalue weighted by atomic mass is 32.2. The number of nitrogens with one attached hydrogen (secondary N) is 1. The minimum atomic E-state index is -0.233. The van der Waals surface area contributed by atoms with E-state index in [4.69, 9.17) is 0 Å². The van der Waals surface area contributed by atoms with Gasteiger partial charge in [-0.25, -0.2) is 4.98 Å². The highest BCUT2D eigenvalue weighted by molar-refractivity contribution is 7.99. The van der Waals surface area contributed by atoms with Gasteiger partial charge < -0.3 is 5.32 Å². The molecule has 27 heavy (non-hydrogen) atoms. The van der Waals surface area contributed by atoms with Gasteiger partial charge in [-0.15, -0.1) is 0 Å². The van der Waals surface area contributed by atoms with Gasteiger partial charge in [0.2, 0.25) is 5.91 Å². The third-order valence-electron chi connectivity index (χ3n) is 4.66. The molecule has 0 aromatic carbocycles. The van der Waals surface area contributed by atoms with E-state index in [9.17, 15) is 9.59 Å². The van der Waals surface area contributed by atoms with Crippen molar-refractivity contribution in [1.82, 2.24) is 24.6 Å². The van der Waals surface area contributed by atoms with E-state index < -0.39 is 0 Å². The van der Waals surface area contributed by atoms with Crippen LogP contribution in [0.25, 0.3) is 0 Å². The largest absolute Gasteiger partial charge is 0.354 e. The zero-order valence-electron chi connectivity index (χ0n) is 16.6. The van der Waals surface area contributed by atoms with Crippen molar-refractivity contribution in [3.8, 4) is 0 Å². The number of fused-ring (bicyclic) bond motifs is 1. The summed E-state index contributed by atoms with van der Waals surface area (Å²) in [6.07, 6.45) is 0. The first-order valence-electron chi connectivity index (χ1n) is 9.19. The van der Waals surface area contributed by atoms with Crippen molar-refractivity contribution in [1.29, 1.82) is 0 Å². The SMILES string of the molecule is Cc1cc(C)n(CCNC(=O)C2CSc3nc(C(C)(C)C)cc(=O)n3C2)n1. The summed E-state index contributed by atoms with van der Waals surface area (Å²) in [6, 6.07) is 3.61. The molecule has 1 aliphatic rings. The maximum Gasteiger partial charge on any atom is 0.254 e. The van der Waals surface area contributed by atoms with Gasteiger partial charge >= 0.3 is 0 Å². The molecule has 3 rings (SSSR count). The molecule has 1 unspecified atom stereocenters. The topological polar surface area (TPSA) is 81.8 Å². The first-order chi connectivity index (χ1) is 12.6. The van der Waals surface area contributed by atoms with Crippen molar-refractivity contribution >= 4 is 17.7 Å². The van der Waals surface area contributed by atoms with E-state index >= 15 is 0 Å². The molecule has 0 saturated heterocycles. The Hall–Kier alpha value is -2.09. The number of amides is 1. The highest BCUT2D eigenvalue weighted by Crippen LogP contribution is 2.27. The van der Waals surface area contributed by atoms with Gasteiger partial charge in [-0.2, -0.15) is 5.10 Å². The van der Waals surface area contributed by atoms with Crippen LogP contribution in [0.2, 0.25) is 0 Å². The molecule has 0 aliphatic carbocycles. The molecule has 146 valence electrons. The van der Waals surface area contributed by atoms with Crippen LogP contribution in [0.4, 0.5) is 0 Å². The third-order valence-corrected chi connectivity index (χ3v) is 5.79. The van der Waals surface area contributed by atoms with Crippen LogP contribution in [0.1, 0.15) is 37.9 Å². The maximum absolute atomic E-state index is 12.5. The van der Waals surface area contributed by atoms with Crippen molar-refractivity contribution in [3.63, 3.8) is 0 Å². The lowest BCUT2D eigenvalue weighted by Crippen LogP contribution is -2.41. The smallest absolute Gasteiger partial charge is 0.254 e. The molecule has 0 bridgehead atoms. The summed E-state index contributed by atoms with van der Waals surface area (Å²) in [5, 5.41) is 8.08. The average molecular weight is 390 g/mol. The molecular formula is C19H27N5O2S. The van der Waals surface area contributed by atoms with Crippen molar-refractivity contribution in [2.24, 2.45) is 5.92 Å². The second-order valence-electron chi connectivity index (χ2n) is 8.07. The van der Waals surface area contributed by atoms with Crippen LogP contribution < -0.4 is 10.9 Å². The number of aryl methyl sites for hydroxylation is 2. The van der Waals surface area contributed by atoms with Gasteiger partial charge in [-0.3, -0.25) is 18.8 Å². The molecule has 1 amide bonds. The number of carbonyl (C=O) groups is 1. The lowest BCUT2D eigenvalue weighted by atomic mass is 9.92. The van der Waals surface area contributed by atoms with Gasteiger partial charge in [0.05, 0.1) is 23.9 Å². The molecule has 1 atom stereocenters. The number of aromatic nitrogens is 4. The first kappa shape index (κ1) is 19.7. The number of carbonyl (C=O) groups excluding carboxylic acids is 1. The summed E-state index contributed by atoms with van der Waals surface area (Å²) in [4.78, 5) is 29.7. The molecule has 1 N–H and O–H groups in total. The van der Waals surface area contributed by atoms with Crippen LogP contribution >= 0.6 is 11.8 Å². The Morgan fingerprint density at radius 3 is 2.70 bits per heavy atom. The summed E-state index contributed by atoms with van der Waals surface area (Å²) in [5.74, 6) is 0.371. The van der Waals surface area contributed by atoms with E-state index in [0.29, 0.717) is 30.5 Å². The van der Waals surface area contributed by atoms with Gasteiger partial charge in [0.15, 0.2) is 5.16 Å². The van der Waals surface area contributed by atoms with E-state index in [1.165, 1.54) is 11.8 Å². The normalized spacial score (nSPS) is 16.9. The first-order valence-corrected chi connectivity index (χ1v) is 10.2. The van der Waals surface area contributed by atoms with Gasteiger partial charge in [0.25, 0.3) is 5.56 Å². The lowest BCUT2D eigenvalue weighted by Gasteiger charge is -2.26. The molecule has 0 spiro atoms. The predicted octanol–water partition coefficient (Wildman–Crippen LogP) is 1.89. The Morgan fingerprint density at radius 1 is 1.33 bits per heavy atom. The molecule has 1 aliphatic heterocycles. The molecular weight excluding hydrogens is 362 g/mol. The summed E-state index contributed by atoms with van der Waals surface area (Å²) < 4.78 is 3.51. The number of hydrogen-bond donors (Lipinski definition) is 1. The molecule has 2 aromatic heterocycles. The van der Waals surface area contributed by atoms with Crippen molar-refractivity contribution in [3.05, 3.63) is 39.6 Å². The average Bonchev–Trinajstić information content (AvgIpc) is 2.91. The van der Waals surface area contributed by atoms with E-state index in [0.717, 1.165) is 17.1 Å². The lowest BCUT2D eigenvalue weighted by molar-refractivity contribution is -0.124. The molecule has 0 radical (unpaired) electrons. The Balaban J connectivity index is 1.63. The summed E-state index contributed by atoms with van der Waals surface area (Å²) in [7, 11) is 0. The van der Waals surface area contributed by atoms with Gasteiger partial charge in [0.1, 0.15) is 0 Å². The minimum absolute atomic E-state index is 0.0264. The summed E-state index contributed by atoms with van der Waals surface area (Å²) in [6.45, 7) is 11.6. The number of hydrogen-bond acceptors (Lipinski definition) is 5. The maximum atomic E-state index is 12.5. The summed E-state index contributed by atoms with van der Waals surface area (Å²) >= 11 is 1.48. The molecule has 8 heteroatoms. The van der Waals surface area contributed by atoms with Gasteiger partial charge in [-0.05, 0) is 19.9 Å². The molecule has 3 heterocycles. The van der Waals surface area contributed by atoms with Crippen LogP contribution in [0.5, 0.6) is 0 Å². The van der Waals surface area contributed by atoms with Gasteiger partial charge in [-0.1, -0.05) is 32.5 Å². The van der Waals surface area contributed by atoms with Crippen molar-refractivity contribution in [2.75, 3.05) is 12.3 Å². The van der Waals surface area contributed by atoms with Crippen LogP contribution in [-0.4, -0.2) is 37.5 Å². The van der Waals surface area contributed by atoms with Crippen LogP contribution in [-0.2, 0) is 23.3 Å². The van der Waals surface area contributed by atoms with E-state index in [1.807, 2.05) is 45.4 Å². The molecule has 0 saturated carbocycles. The van der Waals surface area contributed by atoms with Crippen LogP contribution in [0.3, 0.4) is 0 Å². The molecule has 2 aromatic rings. The van der Waals surface area contributed by atoms with E-state index in [2.05, 4.69) is 15.4 Å². The second kappa shape index (κ2) is 7.50. The van der Waals surface area contributed by atoms with Crippen LogP contribution in [0.15, 0.2) is 22.1 Å². The Kier molecular flexibility index (Phi) is 5.46. The number of thioether (sulfide) groups is 1. The Bertz CT molecular complexity index is 910. The zero-order valence-corrected chi connectivity index (χ0v) is 17.4. The fraction of sp³-hybridized carbons (Fsp3) is 0.579. The quantitative estimate of drug-likeness (QED) is 0.808. The third kappa shape index (κ3) is 4.43. The van der Waals surface area contributed by atoms with E-state index in [-0.39, 0.29) is 22.8 Å². The minimum Gasteiger partial charge on any atom is -0.354 e. The van der Waals surface area contributed by atoms with Gasteiger partial charge in [0, 0.05) is 36.0 Å². The summed E-state index contributed by atoms with van der Waals surface area (Å²) in [5.41, 5.74) is 2.58. The number of nitrogens with zero attached hydrogens (tertiary/aromatic N) is 4. The zero-order chi connectivity index (χ0) is 19.8. The fourth-order valence-corrected chi connectivity index (χ4v) is 4.18. The fourth-order valence-electron chi connectivity index (χ4n) is 3.08. The highest BCUT2D eigenvalue weighted by Gasteiger charge is 2.28. The van der Waals surface area contributed by atoms with E-state index in [1.54, 1.807) is 10.6 Å². The van der Waals surface area contributed by atoms with Crippen molar-refractivity contribution in [2.45, 2.75) is 58.3 Å². The van der Waals surface area contributed by atoms with Crippen LogP contribution in [0, 0.1) is 19.8 Å². The van der Waals surface area contributed by atoms with Crippen molar-refractivity contribution < 1.29 is 4.79 Å².